The van der Waals surface area contributed by atoms with Gasteiger partial charge in [0.25, 0.3) is 11.8 Å². The maximum Gasteiger partial charge on any atom is 0.261 e. The van der Waals surface area contributed by atoms with Crippen molar-refractivity contribution in [2.24, 2.45) is 0 Å². The number of carbonyl (C=O) groups is 2. The lowest BCUT2D eigenvalue weighted by atomic mass is 10.2. The number of nitrogens with zero attached hydrogens (tertiary/aromatic N) is 1. The molecule has 0 fully saturated rings. The first-order valence-corrected chi connectivity index (χ1v) is 8.53. The van der Waals surface area contributed by atoms with E-state index in [2.05, 4.69) is 20.8 Å². The molecular formula is C17H18N4O3S. The molecule has 0 unspecified atom stereocenters. The van der Waals surface area contributed by atoms with Gasteiger partial charge < -0.3 is 15.4 Å². The van der Waals surface area contributed by atoms with E-state index in [1.807, 2.05) is 13.8 Å². The van der Waals surface area contributed by atoms with Gasteiger partial charge in [-0.1, -0.05) is 0 Å². The van der Waals surface area contributed by atoms with Gasteiger partial charge in [0.05, 0.1) is 17.4 Å². The van der Waals surface area contributed by atoms with Crippen molar-refractivity contribution in [2.45, 2.75) is 19.9 Å². The number of carbonyl (C=O) groups excluding carboxylic acids is 2. The fraction of sp³-hybridized carbons (Fsp3) is 0.235. The van der Waals surface area contributed by atoms with Crippen LogP contribution in [0, 0.1) is 0 Å². The number of hydrogen-bond acceptors (Lipinski definition) is 5. The zero-order valence-corrected chi connectivity index (χ0v) is 14.9. The van der Waals surface area contributed by atoms with Crippen molar-refractivity contribution in [3.8, 4) is 5.75 Å². The highest BCUT2D eigenvalue weighted by Crippen LogP contribution is 2.29. The third-order valence-electron chi connectivity index (χ3n) is 3.49. The second-order valence-corrected chi connectivity index (χ2v) is 6.77. The van der Waals surface area contributed by atoms with Gasteiger partial charge >= 0.3 is 0 Å². The zero-order chi connectivity index (χ0) is 18.0. The summed E-state index contributed by atoms with van der Waals surface area (Å²) < 4.78 is 5.08. The smallest absolute Gasteiger partial charge is 0.261 e. The Morgan fingerprint density at radius 1 is 1.20 bits per heavy atom. The maximum atomic E-state index is 12.4. The summed E-state index contributed by atoms with van der Waals surface area (Å²) in [5, 5.41) is 13.3. The summed E-state index contributed by atoms with van der Waals surface area (Å²) in [5.41, 5.74) is 0.497. The molecule has 0 saturated heterocycles. The van der Waals surface area contributed by atoms with Gasteiger partial charge in [-0.25, -0.2) is 0 Å². The van der Waals surface area contributed by atoms with E-state index in [1.165, 1.54) is 11.3 Å². The standard InChI is InChI=1S/C17H18N4O3S/c1-9(2)18-16(23)13-8-12-14(20-21-17(12)25-13)19-15(22)10-4-6-11(24-3)7-5-10/h4-9H,1-3H3,(H,18,23)(H2,19,20,21,22). The molecular weight excluding hydrogens is 340 g/mol. The minimum atomic E-state index is -0.271. The lowest BCUT2D eigenvalue weighted by Crippen LogP contribution is -2.29. The molecule has 3 N–H and O–H groups in total. The number of methoxy groups -OCH3 is 1. The number of aromatic amines is 1. The van der Waals surface area contributed by atoms with Gasteiger partial charge in [0.15, 0.2) is 0 Å². The highest BCUT2D eigenvalue weighted by Gasteiger charge is 2.17. The Morgan fingerprint density at radius 2 is 1.92 bits per heavy atom. The molecule has 3 aromatic rings. The molecule has 0 radical (unpaired) electrons. The molecule has 0 aliphatic heterocycles. The number of ether oxygens (including phenoxy) is 1. The number of fused-ring (bicyclic) bond motifs is 1. The summed E-state index contributed by atoms with van der Waals surface area (Å²) in [7, 11) is 1.57. The number of rotatable bonds is 5. The van der Waals surface area contributed by atoms with Crippen molar-refractivity contribution in [1.82, 2.24) is 15.5 Å². The molecule has 3 rings (SSSR count). The van der Waals surface area contributed by atoms with E-state index in [4.69, 9.17) is 4.74 Å². The van der Waals surface area contributed by atoms with Crippen molar-refractivity contribution in [2.75, 3.05) is 12.4 Å². The molecule has 25 heavy (non-hydrogen) atoms. The van der Waals surface area contributed by atoms with Gasteiger partial charge in [-0.05, 0) is 44.2 Å². The van der Waals surface area contributed by atoms with Crippen LogP contribution in [0.4, 0.5) is 5.82 Å². The predicted molar refractivity (Wildman–Crippen MR) is 97.5 cm³/mol. The van der Waals surface area contributed by atoms with Crippen LogP contribution in [-0.4, -0.2) is 35.2 Å². The van der Waals surface area contributed by atoms with Gasteiger partial charge in [0.2, 0.25) is 0 Å². The van der Waals surface area contributed by atoms with E-state index >= 15 is 0 Å². The first-order valence-electron chi connectivity index (χ1n) is 7.72. The van der Waals surface area contributed by atoms with Crippen LogP contribution < -0.4 is 15.4 Å². The maximum absolute atomic E-state index is 12.4. The first kappa shape index (κ1) is 17.0. The number of aromatic nitrogens is 2. The number of H-pyrrole nitrogens is 1. The molecule has 2 heterocycles. The molecule has 0 spiro atoms. The van der Waals surface area contributed by atoms with Crippen molar-refractivity contribution in [1.29, 1.82) is 0 Å². The van der Waals surface area contributed by atoms with E-state index < -0.39 is 0 Å². The summed E-state index contributed by atoms with van der Waals surface area (Å²) in [5.74, 6) is 0.729. The number of thiophene rings is 1. The Bertz CT molecular complexity index is 912. The highest BCUT2D eigenvalue weighted by molar-refractivity contribution is 7.20. The Balaban J connectivity index is 1.80. The minimum Gasteiger partial charge on any atom is -0.497 e. The number of benzene rings is 1. The van der Waals surface area contributed by atoms with Crippen molar-refractivity contribution >= 4 is 39.2 Å². The third-order valence-corrected chi connectivity index (χ3v) is 4.51. The van der Waals surface area contributed by atoms with Gasteiger partial charge in [-0.3, -0.25) is 14.7 Å². The van der Waals surface area contributed by atoms with Gasteiger partial charge in [0, 0.05) is 11.6 Å². The summed E-state index contributed by atoms with van der Waals surface area (Å²) in [6, 6.07) is 8.57. The van der Waals surface area contributed by atoms with Gasteiger partial charge in [-0.15, -0.1) is 11.3 Å². The van der Waals surface area contributed by atoms with Crippen LogP contribution in [0.5, 0.6) is 5.75 Å². The average Bonchev–Trinajstić information content (AvgIpc) is 3.16. The monoisotopic (exact) mass is 358 g/mol. The Labute approximate surface area is 148 Å². The van der Waals surface area contributed by atoms with Crippen molar-refractivity contribution < 1.29 is 14.3 Å². The SMILES string of the molecule is COc1ccc(C(=O)Nc2[nH]nc3sc(C(=O)NC(C)C)cc23)cc1. The van der Waals surface area contributed by atoms with Crippen molar-refractivity contribution in [3.05, 3.63) is 40.8 Å². The molecule has 2 aromatic heterocycles. The Morgan fingerprint density at radius 3 is 2.56 bits per heavy atom. The van der Waals surface area contributed by atoms with Gasteiger partial charge in [-0.2, -0.15) is 5.10 Å². The number of hydrogen-bond donors (Lipinski definition) is 3. The second-order valence-electron chi connectivity index (χ2n) is 5.74. The number of nitrogens with one attached hydrogen (secondary N) is 3. The van der Waals surface area contributed by atoms with Gasteiger partial charge in [0.1, 0.15) is 16.4 Å². The Kier molecular flexibility index (Phi) is 4.71. The van der Waals surface area contributed by atoms with Crippen LogP contribution in [0.1, 0.15) is 33.9 Å². The number of amides is 2. The summed E-state index contributed by atoms with van der Waals surface area (Å²) >= 11 is 1.27. The fourth-order valence-electron chi connectivity index (χ4n) is 2.28. The minimum absolute atomic E-state index is 0.0535. The molecule has 2 amide bonds. The normalized spacial score (nSPS) is 10.9. The van der Waals surface area contributed by atoms with E-state index in [9.17, 15) is 9.59 Å². The number of anilines is 1. The molecule has 0 bridgehead atoms. The van der Waals surface area contributed by atoms with E-state index in [0.717, 1.165) is 0 Å². The Hall–Kier alpha value is -2.87. The van der Waals surface area contributed by atoms with Crippen LogP contribution in [-0.2, 0) is 0 Å². The lowest BCUT2D eigenvalue weighted by Gasteiger charge is -2.06. The molecule has 7 nitrogen and oxygen atoms in total. The van der Waals surface area contributed by atoms with E-state index in [-0.39, 0.29) is 17.9 Å². The molecule has 0 aliphatic rings. The topological polar surface area (TPSA) is 96.1 Å². The van der Waals surface area contributed by atoms with Crippen molar-refractivity contribution in [3.63, 3.8) is 0 Å². The quantitative estimate of drug-likeness (QED) is 0.653. The van der Waals surface area contributed by atoms with Crippen LogP contribution in [0.25, 0.3) is 10.2 Å². The predicted octanol–water partition coefficient (Wildman–Crippen LogP) is 3.02. The first-order chi connectivity index (χ1) is 12.0. The summed E-state index contributed by atoms with van der Waals surface area (Å²) in [6.07, 6.45) is 0. The summed E-state index contributed by atoms with van der Waals surface area (Å²) in [6.45, 7) is 3.80. The average molecular weight is 358 g/mol. The van der Waals surface area contributed by atoms with Crippen LogP contribution >= 0.6 is 11.3 Å². The molecule has 8 heteroatoms. The van der Waals surface area contributed by atoms with Crippen LogP contribution in [0.3, 0.4) is 0 Å². The highest BCUT2D eigenvalue weighted by atomic mass is 32.1. The molecule has 130 valence electrons. The van der Waals surface area contributed by atoms with Crippen LogP contribution in [0.15, 0.2) is 30.3 Å². The zero-order valence-electron chi connectivity index (χ0n) is 14.0. The molecule has 0 atom stereocenters. The van der Waals surface area contributed by atoms with Crippen LogP contribution in [0.2, 0.25) is 0 Å². The summed E-state index contributed by atoms with van der Waals surface area (Å²) in [4.78, 5) is 25.7. The largest absolute Gasteiger partial charge is 0.497 e. The third kappa shape index (κ3) is 3.63. The molecule has 0 saturated carbocycles. The molecule has 0 aliphatic carbocycles. The van der Waals surface area contributed by atoms with E-state index in [1.54, 1.807) is 37.4 Å². The lowest BCUT2D eigenvalue weighted by molar-refractivity contribution is 0.0946. The van der Waals surface area contributed by atoms with E-state index in [0.29, 0.717) is 32.2 Å². The molecule has 1 aromatic carbocycles. The fourth-order valence-corrected chi connectivity index (χ4v) is 3.18. The second kappa shape index (κ2) is 6.94.